The minimum absolute atomic E-state index is 0.199. The maximum Gasteiger partial charge on any atom is 0.338 e. The molecule has 2 bridgehead atoms. The Balaban J connectivity index is 1.35. The summed E-state index contributed by atoms with van der Waals surface area (Å²) in [5.41, 5.74) is 5.01. The molecule has 1 saturated heterocycles. The first-order valence-electron chi connectivity index (χ1n) is 13.0. The molecular formula is C31H28BrNO4. The van der Waals surface area contributed by atoms with E-state index >= 15 is 0 Å². The molecule has 0 N–H and O–H groups in total. The van der Waals surface area contributed by atoms with Crippen LogP contribution in [0.25, 0.3) is 0 Å². The molecule has 1 heterocycles. The Kier molecular flexibility index (Phi) is 6.03. The normalized spacial score (nSPS) is 25.0. The van der Waals surface area contributed by atoms with Gasteiger partial charge < -0.3 is 4.74 Å². The molecule has 0 saturated carbocycles. The first kappa shape index (κ1) is 24.1. The van der Waals surface area contributed by atoms with Gasteiger partial charge in [0.2, 0.25) is 11.8 Å². The van der Waals surface area contributed by atoms with Gasteiger partial charge in [-0.2, -0.15) is 0 Å². The van der Waals surface area contributed by atoms with Crippen LogP contribution in [0.1, 0.15) is 71.1 Å². The van der Waals surface area contributed by atoms with Crippen LogP contribution in [-0.2, 0) is 18.7 Å². The lowest BCUT2D eigenvalue weighted by atomic mass is 9.55. The van der Waals surface area contributed by atoms with Crippen molar-refractivity contribution >= 4 is 39.4 Å². The molecule has 37 heavy (non-hydrogen) atoms. The summed E-state index contributed by atoms with van der Waals surface area (Å²) in [6.45, 7) is 2.49. The van der Waals surface area contributed by atoms with Crippen LogP contribution in [0.4, 0.5) is 5.69 Å². The zero-order chi connectivity index (χ0) is 25.7. The van der Waals surface area contributed by atoms with Crippen LogP contribution in [0.15, 0.2) is 72.8 Å². The minimum Gasteiger partial charge on any atom is -0.462 e. The Morgan fingerprint density at radius 1 is 0.892 bits per heavy atom. The molecule has 3 aliphatic carbocycles. The number of esters is 1. The highest BCUT2D eigenvalue weighted by Gasteiger charge is 2.67. The molecule has 6 heteroatoms. The molecule has 2 atom stereocenters. The van der Waals surface area contributed by atoms with Gasteiger partial charge in [-0.05, 0) is 46.9 Å². The number of halogens is 1. The molecular weight excluding hydrogens is 530 g/mol. The summed E-state index contributed by atoms with van der Waals surface area (Å²) in [6, 6.07) is 22.9. The zero-order valence-electron chi connectivity index (χ0n) is 20.7. The number of ether oxygens (including phenoxy) is 1. The summed E-state index contributed by atoms with van der Waals surface area (Å²) >= 11 is 4.02. The number of anilines is 1. The highest BCUT2D eigenvalue weighted by Crippen LogP contribution is 2.66. The maximum absolute atomic E-state index is 14.1. The smallest absolute Gasteiger partial charge is 0.338 e. The number of rotatable bonds is 7. The van der Waals surface area contributed by atoms with Gasteiger partial charge in [0.15, 0.2) is 0 Å². The molecule has 0 radical (unpaired) electrons. The lowest BCUT2D eigenvalue weighted by Crippen LogP contribution is -2.50. The minimum atomic E-state index is -0.796. The number of hydrogen-bond acceptors (Lipinski definition) is 4. The van der Waals surface area contributed by atoms with Crippen LogP contribution in [0.5, 0.6) is 0 Å². The standard InChI is InChI=1S/C31H28BrNO4/c1-2-3-4-9-17-37-30(36)19-11-10-12-20(18-19)33-28(34)26-25-21-13-5-7-15-23(21)31(32,27(26)29(33)35)24-16-8-6-14-22(24)25/h5-8,10-16,18,25-27H,2-4,9,17H2,1H3. The van der Waals surface area contributed by atoms with Gasteiger partial charge in [0.1, 0.15) is 0 Å². The van der Waals surface area contributed by atoms with E-state index in [2.05, 4.69) is 47.1 Å². The first-order chi connectivity index (χ1) is 18.0. The van der Waals surface area contributed by atoms with Crippen molar-refractivity contribution in [3.05, 3.63) is 101 Å². The van der Waals surface area contributed by atoms with Gasteiger partial charge in [-0.3, -0.25) is 9.59 Å². The number of amides is 2. The third-order valence-corrected chi connectivity index (χ3v) is 9.43. The van der Waals surface area contributed by atoms with Gasteiger partial charge in [-0.25, -0.2) is 9.69 Å². The predicted molar refractivity (Wildman–Crippen MR) is 145 cm³/mol. The van der Waals surface area contributed by atoms with E-state index in [1.165, 1.54) is 4.90 Å². The third-order valence-electron chi connectivity index (χ3n) is 8.09. The van der Waals surface area contributed by atoms with E-state index in [9.17, 15) is 14.4 Å². The van der Waals surface area contributed by atoms with E-state index in [0.717, 1.165) is 47.9 Å². The van der Waals surface area contributed by atoms with Crippen molar-refractivity contribution in [2.24, 2.45) is 11.8 Å². The molecule has 1 aliphatic heterocycles. The fourth-order valence-corrected chi connectivity index (χ4v) is 7.69. The fourth-order valence-electron chi connectivity index (χ4n) is 6.48. The zero-order valence-corrected chi connectivity index (χ0v) is 22.2. The Morgan fingerprint density at radius 2 is 1.57 bits per heavy atom. The van der Waals surface area contributed by atoms with Crippen molar-refractivity contribution in [1.29, 1.82) is 0 Å². The largest absolute Gasteiger partial charge is 0.462 e. The number of carbonyl (C=O) groups excluding carboxylic acids is 3. The predicted octanol–water partition coefficient (Wildman–Crippen LogP) is 6.33. The highest BCUT2D eigenvalue weighted by atomic mass is 79.9. The molecule has 188 valence electrons. The number of hydrogen-bond donors (Lipinski definition) is 0. The average molecular weight is 558 g/mol. The number of imide groups is 1. The van der Waals surface area contributed by atoms with E-state index in [1.54, 1.807) is 24.3 Å². The summed E-state index contributed by atoms with van der Waals surface area (Å²) in [7, 11) is 0. The molecule has 4 aliphatic rings. The van der Waals surface area contributed by atoms with Crippen molar-refractivity contribution in [3.63, 3.8) is 0 Å². The average Bonchev–Trinajstić information content (AvgIpc) is 3.20. The third kappa shape index (κ3) is 3.52. The number of nitrogens with zero attached hydrogens (tertiary/aromatic N) is 1. The molecule has 3 aromatic carbocycles. The highest BCUT2D eigenvalue weighted by molar-refractivity contribution is 9.09. The summed E-state index contributed by atoms with van der Waals surface area (Å²) < 4.78 is 4.65. The van der Waals surface area contributed by atoms with Crippen LogP contribution < -0.4 is 4.90 Å². The quantitative estimate of drug-likeness (QED) is 0.147. The molecule has 1 fully saturated rings. The van der Waals surface area contributed by atoms with Crippen molar-refractivity contribution in [3.8, 4) is 0 Å². The number of unbranched alkanes of at least 4 members (excludes halogenated alkanes) is 3. The van der Waals surface area contributed by atoms with Crippen LogP contribution in [0.2, 0.25) is 0 Å². The van der Waals surface area contributed by atoms with Crippen LogP contribution in [-0.4, -0.2) is 24.4 Å². The van der Waals surface area contributed by atoms with Gasteiger partial charge in [0.25, 0.3) is 0 Å². The van der Waals surface area contributed by atoms with E-state index in [0.29, 0.717) is 17.9 Å². The lowest BCUT2D eigenvalue weighted by molar-refractivity contribution is -0.122. The number of benzene rings is 3. The van der Waals surface area contributed by atoms with Gasteiger partial charge in [0.05, 0.1) is 34.0 Å². The summed E-state index contributed by atoms with van der Waals surface area (Å²) in [6.07, 6.45) is 4.06. The molecule has 0 aromatic heterocycles. The Hall–Kier alpha value is -3.25. The Bertz CT molecular complexity index is 1370. The van der Waals surface area contributed by atoms with Crippen LogP contribution in [0.3, 0.4) is 0 Å². The number of carbonyl (C=O) groups is 3. The second-order valence-electron chi connectivity index (χ2n) is 10.1. The monoisotopic (exact) mass is 557 g/mol. The Labute approximate surface area is 224 Å². The molecule has 2 amide bonds. The molecule has 0 spiro atoms. The second kappa shape index (κ2) is 9.25. The molecule has 2 unspecified atom stereocenters. The van der Waals surface area contributed by atoms with Gasteiger partial charge in [0, 0.05) is 5.92 Å². The van der Waals surface area contributed by atoms with Crippen LogP contribution >= 0.6 is 15.9 Å². The summed E-state index contributed by atoms with van der Waals surface area (Å²) in [5, 5.41) is 0. The maximum atomic E-state index is 14.1. The van der Waals surface area contributed by atoms with Gasteiger partial charge in [-0.15, -0.1) is 0 Å². The van der Waals surface area contributed by atoms with Crippen molar-refractivity contribution in [1.82, 2.24) is 0 Å². The number of alkyl halides is 1. The molecule has 3 aromatic rings. The summed E-state index contributed by atoms with van der Waals surface area (Å²) in [4.78, 5) is 42.1. The Morgan fingerprint density at radius 3 is 2.24 bits per heavy atom. The van der Waals surface area contributed by atoms with Crippen molar-refractivity contribution in [2.75, 3.05) is 11.5 Å². The van der Waals surface area contributed by atoms with E-state index in [1.807, 2.05) is 24.3 Å². The SMILES string of the molecule is CCCCCCOC(=O)c1cccc(N2C(=O)C3C4c5ccccc5C(Br)(c5ccccc54)C3C2=O)c1. The fraction of sp³-hybridized carbons (Fsp3) is 0.323. The van der Waals surface area contributed by atoms with Gasteiger partial charge >= 0.3 is 5.97 Å². The van der Waals surface area contributed by atoms with E-state index in [-0.39, 0.29) is 17.7 Å². The van der Waals surface area contributed by atoms with E-state index < -0.39 is 22.1 Å². The first-order valence-corrected chi connectivity index (χ1v) is 13.8. The topological polar surface area (TPSA) is 63.7 Å². The summed E-state index contributed by atoms with van der Waals surface area (Å²) in [5.74, 6) is -2.21. The van der Waals surface area contributed by atoms with Gasteiger partial charge in [-0.1, -0.05) is 96.7 Å². The second-order valence-corrected chi connectivity index (χ2v) is 11.4. The van der Waals surface area contributed by atoms with Crippen molar-refractivity contribution in [2.45, 2.75) is 42.8 Å². The van der Waals surface area contributed by atoms with E-state index in [4.69, 9.17) is 4.74 Å². The van der Waals surface area contributed by atoms with Crippen molar-refractivity contribution < 1.29 is 19.1 Å². The molecule has 5 nitrogen and oxygen atoms in total. The van der Waals surface area contributed by atoms with Crippen LogP contribution in [0, 0.1) is 11.8 Å². The molecule has 7 rings (SSSR count). The lowest BCUT2D eigenvalue weighted by Gasteiger charge is -2.51.